The number of benzene rings is 2. The van der Waals surface area contributed by atoms with Crippen molar-refractivity contribution in [3.05, 3.63) is 75.0 Å². The number of anilines is 1. The van der Waals surface area contributed by atoms with Gasteiger partial charge in [-0.2, -0.15) is 13.2 Å². The first-order valence-electron chi connectivity index (χ1n) is 7.06. The van der Waals surface area contributed by atoms with Gasteiger partial charge < -0.3 is 10.3 Å². The molecule has 1 aromatic heterocycles. The second-order valence-electron chi connectivity index (χ2n) is 5.19. The maximum atomic E-state index is 13.0. The molecule has 2 aromatic carbocycles. The van der Waals surface area contributed by atoms with Crippen molar-refractivity contribution < 1.29 is 18.0 Å². The monoisotopic (exact) mass is 366 g/mol. The van der Waals surface area contributed by atoms with Gasteiger partial charge in [0.2, 0.25) is 5.43 Å². The van der Waals surface area contributed by atoms with Crippen LogP contribution >= 0.6 is 11.6 Å². The van der Waals surface area contributed by atoms with E-state index in [1.165, 1.54) is 12.1 Å². The van der Waals surface area contributed by atoms with Crippen molar-refractivity contribution in [2.24, 2.45) is 0 Å². The summed E-state index contributed by atoms with van der Waals surface area (Å²) in [5.74, 6) is -0.770. The van der Waals surface area contributed by atoms with Crippen molar-refractivity contribution in [1.82, 2.24) is 4.98 Å². The van der Waals surface area contributed by atoms with Gasteiger partial charge in [0.25, 0.3) is 5.91 Å². The Labute approximate surface area is 144 Å². The van der Waals surface area contributed by atoms with Crippen molar-refractivity contribution in [2.45, 2.75) is 6.18 Å². The number of aromatic nitrogens is 1. The molecule has 0 aliphatic carbocycles. The zero-order valence-electron chi connectivity index (χ0n) is 12.4. The Hall–Kier alpha value is -2.80. The molecule has 1 amide bonds. The zero-order chi connectivity index (χ0) is 18.2. The number of para-hydroxylation sites is 2. The highest BCUT2D eigenvalue weighted by Gasteiger charge is 2.33. The number of hydrogen-bond acceptors (Lipinski definition) is 2. The maximum absolute atomic E-state index is 13.0. The number of amides is 1. The Morgan fingerprint density at radius 1 is 1.08 bits per heavy atom. The molecular weight excluding hydrogens is 357 g/mol. The molecular formula is C17H10ClF3N2O2. The third-order valence-corrected chi connectivity index (χ3v) is 3.92. The Morgan fingerprint density at radius 2 is 1.80 bits per heavy atom. The van der Waals surface area contributed by atoms with Gasteiger partial charge in [-0.15, -0.1) is 0 Å². The number of alkyl halides is 3. The minimum absolute atomic E-state index is 0.221. The molecule has 0 spiro atoms. The number of rotatable bonds is 2. The molecule has 1 heterocycles. The molecule has 0 saturated carbocycles. The second kappa shape index (κ2) is 6.25. The predicted molar refractivity (Wildman–Crippen MR) is 89.0 cm³/mol. The second-order valence-corrected chi connectivity index (χ2v) is 5.60. The summed E-state index contributed by atoms with van der Waals surface area (Å²) in [4.78, 5) is 27.1. The number of H-pyrrole nitrogens is 1. The van der Waals surface area contributed by atoms with Gasteiger partial charge in [-0.25, -0.2) is 0 Å². The number of carbonyl (C=O) groups is 1. The van der Waals surface area contributed by atoms with E-state index in [4.69, 9.17) is 11.6 Å². The number of aromatic amines is 1. The molecule has 4 nitrogen and oxygen atoms in total. The molecule has 0 fully saturated rings. The number of nitrogens with one attached hydrogen (secondary N) is 2. The van der Waals surface area contributed by atoms with Crippen LogP contribution in [-0.4, -0.2) is 10.9 Å². The molecule has 0 unspecified atom stereocenters. The van der Waals surface area contributed by atoms with Crippen molar-refractivity contribution >= 4 is 34.1 Å². The van der Waals surface area contributed by atoms with Crippen LogP contribution in [0.3, 0.4) is 0 Å². The molecule has 25 heavy (non-hydrogen) atoms. The fourth-order valence-electron chi connectivity index (χ4n) is 2.41. The lowest BCUT2D eigenvalue weighted by molar-refractivity contribution is -0.136. The lowest BCUT2D eigenvalue weighted by Crippen LogP contribution is -2.22. The number of pyridine rings is 1. The lowest BCUT2D eigenvalue weighted by Gasteiger charge is -2.11. The molecule has 0 saturated heterocycles. The van der Waals surface area contributed by atoms with Gasteiger partial charge in [0.15, 0.2) is 0 Å². The van der Waals surface area contributed by atoms with Gasteiger partial charge in [0.05, 0.1) is 21.8 Å². The third-order valence-electron chi connectivity index (χ3n) is 3.59. The Kier molecular flexibility index (Phi) is 4.26. The first kappa shape index (κ1) is 17.0. The predicted octanol–water partition coefficient (Wildman–Crippen LogP) is 4.45. The van der Waals surface area contributed by atoms with Crippen LogP contribution < -0.4 is 10.7 Å². The molecule has 128 valence electrons. The van der Waals surface area contributed by atoms with Crippen LogP contribution in [0, 0.1) is 0 Å². The number of hydrogen-bond donors (Lipinski definition) is 2. The van der Waals surface area contributed by atoms with E-state index in [1.54, 1.807) is 18.2 Å². The van der Waals surface area contributed by atoms with E-state index < -0.39 is 23.1 Å². The van der Waals surface area contributed by atoms with Crippen molar-refractivity contribution in [3.63, 3.8) is 0 Å². The van der Waals surface area contributed by atoms with Crippen LogP contribution in [0.5, 0.6) is 0 Å². The topological polar surface area (TPSA) is 62.0 Å². The van der Waals surface area contributed by atoms with Gasteiger partial charge in [-0.3, -0.25) is 9.59 Å². The largest absolute Gasteiger partial charge is 0.418 e. The molecule has 0 atom stereocenters. The van der Waals surface area contributed by atoms with Crippen LogP contribution in [0.15, 0.2) is 53.5 Å². The van der Waals surface area contributed by atoms with Crippen LogP contribution in [0.1, 0.15) is 15.9 Å². The van der Waals surface area contributed by atoms with E-state index in [0.29, 0.717) is 0 Å². The molecule has 0 bridgehead atoms. The molecule has 8 heteroatoms. The van der Waals surface area contributed by atoms with E-state index in [0.717, 1.165) is 18.3 Å². The molecule has 3 aromatic rings. The van der Waals surface area contributed by atoms with Crippen molar-refractivity contribution in [1.29, 1.82) is 0 Å². The summed E-state index contributed by atoms with van der Waals surface area (Å²) >= 11 is 5.94. The third kappa shape index (κ3) is 3.23. The molecule has 0 aliphatic rings. The normalized spacial score (nSPS) is 11.5. The zero-order valence-corrected chi connectivity index (χ0v) is 13.2. The SMILES string of the molecule is O=C(Nc1ccccc1Cl)c1c[nH]c2c(C(F)(F)F)cccc2c1=O. The number of halogens is 4. The van der Waals surface area contributed by atoms with Crippen molar-refractivity contribution in [2.75, 3.05) is 5.32 Å². The van der Waals surface area contributed by atoms with E-state index in [2.05, 4.69) is 10.3 Å². The Bertz CT molecular complexity index is 1030. The average molecular weight is 367 g/mol. The van der Waals surface area contributed by atoms with E-state index in [1.807, 2.05) is 0 Å². The highest BCUT2D eigenvalue weighted by atomic mass is 35.5. The Morgan fingerprint density at radius 3 is 2.48 bits per heavy atom. The summed E-state index contributed by atoms with van der Waals surface area (Å²) < 4.78 is 39.1. The maximum Gasteiger partial charge on any atom is 0.418 e. The average Bonchev–Trinajstić information content (AvgIpc) is 2.56. The minimum atomic E-state index is -4.62. The summed E-state index contributed by atoms with van der Waals surface area (Å²) in [5, 5.41) is 2.51. The van der Waals surface area contributed by atoms with Gasteiger partial charge in [0, 0.05) is 11.6 Å². The fraction of sp³-hybridized carbons (Fsp3) is 0.0588. The van der Waals surface area contributed by atoms with E-state index in [9.17, 15) is 22.8 Å². The Balaban J connectivity index is 2.07. The van der Waals surface area contributed by atoms with Crippen LogP contribution in [0.25, 0.3) is 10.9 Å². The standard InChI is InChI=1S/C17H10ClF3N2O2/c18-12-6-1-2-7-13(12)23-16(25)10-8-22-14-9(15(10)24)4-3-5-11(14)17(19,20)21/h1-8H,(H,22,24)(H,23,25). The highest BCUT2D eigenvalue weighted by Crippen LogP contribution is 2.33. The lowest BCUT2D eigenvalue weighted by atomic mass is 10.1. The summed E-state index contributed by atoms with van der Waals surface area (Å²) in [6, 6.07) is 9.61. The fourth-order valence-corrected chi connectivity index (χ4v) is 2.59. The number of carbonyl (C=O) groups excluding carboxylic acids is 1. The molecule has 3 rings (SSSR count). The first-order chi connectivity index (χ1) is 11.8. The molecule has 0 radical (unpaired) electrons. The quantitative estimate of drug-likeness (QED) is 0.703. The highest BCUT2D eigenvalue weighted by molar-refractivity contribution is 6.33. The summed E-state index contributed by atoms with van der Waals surface area (Å²) in [5.41, 5.74) is -2.16. The van der Waals surface area contributed by atoms with Gasteiger partial charge >= 0.3 is 6.18 Å². The van der Waals surface area contributed by atoms with Gasteiger partial charge in [-0.05, 0) is 24.3 Å². The van der Waals surface area contributed by atoms with Crippen LogP contribution in [0.2, 0.25) is 5.02 Å². The van der Waals surface area contributed by atoms with Gasteiger partial charge in [0.1, 0.15) is 5.56 Å². The molecule has 0 aliphatic heterocycles. The summed E-state index contributed by atoms with van der Waals surface area (Å²) in [7, 11) is 0. The smallest absolute Gasteiger partial charge is 0.360 e. The number of fused-ring (bicyclic) bond motifs is 1. The summed E-state index contributed by atoms with van der Waals surface area (Å²) in [6.45, 7) is 0. The molecule has 2 N–H and O–H groups in total. The minimum Gasteiger partial charge on any atom is -0.360 e. The van der Waals surface area contributed by atoms with Crippen molar-refractivity contribution in [3.8, 4) is 0 Å². The van der Waals surface area contributed by atoms with E-state index in [-0.39, 0.29) is 27.2 Å². The first-order valence-corrected chi connectivity index (χ1v) is 7.44. The summed E-state index contributed by atoms with van der Waals surface area (Å²) in [6.07, 6.45) is -3.66. The van der Waals surface area contributed by atoms with Crippen LogP contribution in [0.4, 0.5) is 18.9 Å². The van der Waals surface area contributed by atoms with Gasteiger partial charge in [-0.1, -0.05) is 29.8 Å². The van der Waals surface area contributed by atoms with Crippen LogP contribution in [-0.2, 0) is 6.18 Å². The van der Waals surface area contributed by atoms with E-state index >= 15 is 0 Å².